The third-order valence-corrected chi connectivity index (χ3v) is 3.11. The van der Waals surface area contributed by atoms with Crippen molar-refractivity contribution in [3.05, 3.63) is 51.6 Å². The summed E-state index contributed by atoms with van der Waals surface area (Å²) in [5.74, 6) is -0.558. The van der Waals surface area contributed by atoms with Gasteiger partial charge in [0.1, 0.15) is 0 Å². The molecule has 0 aliphatic heterocycles. The quantitative estimate of drug-likeness (QED) is 0.678. The highest BCUT2D eigenvalue weighted by molar-refractivity contribution is 5.50. The lowest BCUT2D eigenvalue weighted by atomic mass is 10.1. The first-order valence-corrected chi connectivity index (χ1v) is 6.58. The number of nitro groups is 1. The fourth-order valence-corrected chi connectivity index (χ4v) is 2.14. The first kappa shape index (κ1) is 15.0. The fraction of sp³-hybridized carbons (Fsp3) is 0.357. The maximum Gasteiger partial charge on any atom is 0.304 e. The summed E-state index contributed by atoms with van der Waals surface area (Å²) in [4.78, 5) is 9.83. The predicted molar refractivity (Wildman–Crippen MR) is 77.7 cm³/mol. The van der Waals surface area contributed by atoms with Crippen molar-refractivity contribution in [2.45, 2.75) is 26.3 Å². The normalized spacial score (nSPS) is 10.9. The molecule has 2 rings (SSSR count). The molecule has 7 heteroatoms. The third kappa shape index (κ3) is 3.36. The van der Waals surface area contributed by atoms with Crippen molar-refractivity contribution in [3.8, 4) is 0 Å². The summed E-state index contributed by atoms with van der Waals surface area (Å²) < 4.78 is 15.3. The summed E-state index contributed by atoms with van der Waals surface area (Å²) >= 11 is 0. The Labute approximate surface area is 121 Å². The molecule has 112 valence electrons. The van der Waals surface area contributed by atoms with E-state index in [-0.39, 0.29) is 5.92 Å². The van der Waals surface area contributed by atoms with Crippen LogP contribution in [-0.4, -0.2) is 14.7 Å². The average Bonchev–Trinajstić information content (AvgIpc) is 2.77. The Morgan fingerprint density at radius 1 is 1.48 bits per heavy atom. The molecule has 0 unspecified atom stereocenters. The van der Waals surface area contributed by atoms with E-state index in [1.807, 2.05) is 13.2 Å². The third-order valence-electron chi connectivity index (χ3n) is 3.11. The van der Waals surface area contributed by atoms with Gasteiger partial charge in [0, 0.05) is 43.2 Å². The second kappa shape index (κ2) is 5.90. The van der Waals surface area contributed by atoms with Crippen LogP contribution in [0.1, 0.15) is 31.0 Å². The SMILES string of the molecule is CC(C)c1nn(C)cc1CNc1ccc([N+](=O)[O-])c(F)c1. The van der Waals surface area contributed by atoms with Crippen LogP contribution in [0, 0.1) is 15.9 Å². The highest BCUT2D eigenvalue weighted by atomic mass is 19.1. The Hall–Kier alpha value is -2.44. The van der Waals surface area contributed by atoms with Crippen molar-refractivity contribution in [2.75, 3.05) is 5.32 Å². The highest BCUT2D eigenvalue weighted by Gasteiger charge is 2.15. The first-order valence-electron chi connectivity index (χ1n) is 6.58. The number of nitro benzene ring substituents is 1. The lowest BCUT2D eigenvalue weighted by Crippen LogP contribution is -2.03. The van der Waals surface area contributed by atoms with Crippen LogP contribution in [0.25, 0.3) is 0 Å². The van der Waals surface area contributed by atoms with E-state index in [2.05, 4.69) is 24.3 Å². The predicted octanol–water partition coefficient (Wildman–Crippen LogP) is 3.20. The topological polar surface area (TPSA) is 73.0 Å². The van der Waals surface area contributed by atoms with Gasteiger partial charge in [0.25, 0.3) is 0 Å². The number of benzene rings is 1. The van der Waals surface area contributed by atoms with Gasteiger partial charge in [0.2, 0.25) is 5.82 Å². The van der Waals surface area contributed by atoms with Crippen LogP contribution < -0.4 is 5.32 Å². The van der Waals surface area contributed by atoms with Gasteiger partial charge in [0.05, 0.1) is 10.6 Å². The summed E-state index contributed by atoms with van der Waals surface area (Å²) in [5, 5.41) is 18.0. The van der Waals surface area contributed by atoms with Gasteiger partial charge in [-0.1, -0.05) is 13.8 Å². The Morgan fingerprint density at radius 3 is 2.76 bits per heavy atom. The van der Waals surface area contributed by atoms with E-state index in [0.717, 1.165) is 23.4 Å². The van der Waals surface area contributed by atoms with Crippen molar-refractivity contribution in [1.29, 1.82) is 0 Å². The van der Waals surface area contributed by atoms with Crippen LogP contribution in [0.3, 0.4) is 0 Å². The van der Waals surface area contributed by atoms with Crippen molar-refractivity contribution >= 4 is 11.4 Å². The number of aryl methyl sites for hydroxylation is 1. The molecule has 2 aromatic rings. The summed E-state index contributed by atoms with van der Waals surface area (Å²) in [5.41, 5.74) is 1.97. The van der Waals surface area contributed by atoms with Gasteiger partial charge in [-0.2, -0.15) is 9.49 Å². The molecule has 6 nitrogen and oxygen atoms in total. The molecule has 1 N–H and O–H groups in total. The van der Waals surface area contributed by atoms with Crippen molar-refractivity contribution in [3.63, 3.8) is 0 Å². The highest BCUT2D eigenvalue weighted by Crippen LogP contribution is 2.22. The Bertz CT molecular complexity index is 667. The summed E-state index contributed by atoms with van der Waals surface area (Å²) in [6, 6.07) is 3.78. The van der Waals surface area contributed by atoms with Crippen molar-refractivity contribution < 1.29 is 9.31 Å². The van der Waals surface area contributed by atoms with Gasteiger partial charge in [-0.15, -0.1) is 0 Å². The number of anilines is 1. The van der Waals surface area contributed by atoms with E-state index >= 15 is 0 Å². The summed E-state index contributed by atoms with van der Waals surface area (Å²) in [7, 11) is 1.85. The zero-order chi connectivity index (χ0) is 15.6. The van der Waals surface area contributed by atoms with E-state index < -0.39 is 16.4 Å². The number of rotatable bonds is 5. The van der Waals surface area contributed by atoms with E-state index in [1.165, 1.54) is 6.07 Å². The monoisotopic (exact) mass is 292 g/mol. The maximum absolute atomic E-state index is 13.5. The number of nitrogens with zero attached hydrogens (tertiary/aromatic N) is 3. The molecule has 1 heterocycles. The van der Waals surface area contributed by atoms with Crippen LogP contribution in [0.2, 0.25) is 0 Å². The molecule has 0 aliphatic carbocycles. The smallest absolute Gasteiger partial charge is 0.304 e. The van der Waals surface area contributed by atoms with E-state index in [9.17, 15) is 14.5 Å². The molecule has 1 aromatic carbocycles. The van der Waals surface area contributed by atoms with Gasteiger partial charge in [-0.25, -0.2) is 0 Å². The van der Waals surface area contributed by atoms with Crippen molar-refractivity contribution in [1.82, 2.24) is 9.78 Å². The van der Waals surface area contributed by atoms with Crippen LogP contribution in [0.15, 0.2) is 24.4 Å². The average molecular weight is 292 g/mol. The van der Waals surface area contributed by atoms with Crippen LogP contribution >= 0.6 is 0 Å². The maximum atomic E-state index is 13.5. The molecule has 21 heavy (non-hydrogen) atoms. The molecule has 0 fully saturated rings. The molecule has 0 saturated heterocycles. The minimum atomic E-state index is -0.847. The van der Waals surface area contributed by atoms with Gasteiger partial charge in [0.15, 0.2) is 0 Å². The van der Waals surface area contributed by atoms with E-state index in [0.29, 0.717) is 12.2 Å². The zero-order valence-corrected chi connectivity index (χ0v) is 12.1. The summed E-state index contributed by atoms with van der Waals surface area (Å²) in [6.45, 7) is 4.59. The van der Waals surface area contributed by atoms with Crippen LogP contribution in [-0.2, 0) is 13.6 Å². The molecule has 0 atom stereocenters. The molecule has 0 bridgehead atoms. The zero-order valence-electron chi connectivity index (χ0n) is 12.1. The number of hydrogen-bond donors (Lipinski definition) is 1. The molecular formula is C14H17FN4O2. The number of halogens is 1. The van der Waals surface area contributed by atoms with Crippen molar-refractivity contribution in [2.24, 2.45) is 7.05 Å². The second-order valence-corrected chi connectivity index (χ2v) is 5.14. The fourth-order valence-electron chi connectivity index (χ4n) is 2.14. The molecule has 0 spiro atoms. The number of hydrogen-bond acceptors (Lipinski definition) is 4. The molecule has 0 saturated carbocycles. The molecule has 1 aromatic heterocycles. The van der Waals surface area contributed by atoms with E-state index in [1.54, 1.807) is 4.68 Å². The number of aromatic nitrogens is 2. The van der Waals surface area contributed by atoms with Gasteiger partial charge in [-0.3, -0.25) is 14.8 Å². The second-order valence-electron chi connectivity index (χ2n) is 5.14. The van der Waals surface area contributed by atoms with Gasteiger partial charge < -0.3 is 5.32 Å². The summed E-state index contributed by atoms with van der Waals surface area (Å²) in [6.07, 6.45) is 1.91. The standard InChI is InChI=1S/C14H17FN4O2/c1-9(2)14-10(8-18(3)17-14)7-16-11-4-5-13(19(20)21)12(15)6-11/h4-6,8-9,16H,7H2,1-3H3. The first-order chi connectivity index (χ1) is 9.88. The Morgan fingerprint density at radius 2 is 2.19 bits per heavy atom. The number of nitrogens with one attached hydrogen (secondary N) is 1. The lowest BCUT2D eigenvalue weighted by molar-refractivity contribution is -0.387. The van der Waals surface area contributed by atoms with Gasteiger partial charge >= 0.3 is 5.69 Å². The van der Waals surface area contributed by atoms with Gasteiger partial charge in [-0.05, 0) is 12.0 Å². The van der Waals surface area contributed by atoms with Crippen LogP contribution in [0.5, 0.6) is 0 Å². The molecule has 0 amide bonds. The van der Waals surface area contributed by atoms with E-state index in [4.69, 9.17) is 0 Å². The Kier molecular flexibility index (Phi) is 4.21. The Balaban J connectivity index is 2.13. The minimum Gasteiger partial charge on any atom is -0.381 e. The minimum absolute atomic E-state index is 0.289. The largest absolute Gasteiger partial charge is 0.381 e. The molecule has 0 radical (unpaired) electrons. The van der Waals surface area contributed by atoms with Crippen LogP contribution in [0.4, 0.5) is 15.8 Å². The molecular weight excluding hydrogens is 275 g/mol. The lowest BCUT2D eigenvalue weighted by Gasteiger charge is -2.08. The molecule has 0 aliphatic rings.